The number of benzene rings is 7. The monoisotopic (exact) mass is 691 g/mol. The molecule has 2 heterocycles. The minimum Gasteiger partial charge on any atom is -0.457 e. The summed E-state index contributed by atoms with van der Waals surface area (Å²) < 4.78 is 6.92. The molecular formula is C50H33N3O. The van der Waals surface area contributed by atoms with Gasteiger partial charge >= 0.3 is 0 Å². The first-order valence-electron chi connectivity index (χ1n) is 18.5. The van der Waals surface area contributed by atoms with E-state index in [0.29, 0.717) is 17.5 Å². The van der Waals surface area contributed by atoms with Gasteiger partial charge in [0.15, 0.2) is 17.5 Å². The zero-order valence-corrected chi connectivity index (χ0v) is 29.3. The highest BCUT2D eigenvalue weighted by Crippen LogP contribution is 2.64. The number of fused-ring (bicyclic) bond motifs is 10. The van der Waals surface area contributed by atoms with Crippen LogP contribution in [0.25, 0.3) is 56.1 Å². The normalized spacial score (nSPS) is 18.8. The Labute approximate surface area is 313 Å². The average molecular weight is 692 g/mol. The zero-order chi connectivity index (χ0) is 35.6. The van der Waals surface area contributed by atoms with E-state index < -0.39 is 5.41 Å². The van der Waals surface area contributed by atoms with Crippen molar-refractivity contribution in [1.82, 2.24) is 15.0 Å². The highest BCUT2D eigenvalue weighted by atomic mass is 16.5. The molecule has 3 atom stereocenters. The quantitative estimate of drug-likeness (QED) is 0.184. The van der Waals surface area contributed by atoms with Crippen molar-refractivity contribution in [3.8, 4) is 56.8 Å². The fraction of sp³-hybridized carbons (Fsp3) is 0.0600. The molecule has 0 amide bonds. The molecule has 0 fully saturated rings. The average Bonchev–Trinajstić information content (AvgIpc) is 3.54. The van der Waals surface area contributed by atoms with Crippen molar-refractivity contribution in [1.29, 1.82) is 0 Å². The summed E-state index contributed by atoms with van der Waals surface area (Å²) in [6.45, 7) is 0. The number of ether oxygens (including phenoxy) is 1. The number of hydrogen-bond acceptors (Lipinski definition) is 4. The molecule has 0 saturated heterocycles. The molecule has 1 aromatic heterocycles. The Kier molecular flexibility index (Phi) is 6.86. The third kappa shape index (κ3) is 4.53. The van der Waals surface area contributed by atoms with E-state index in [2.05, 4.69) is 152 Å². The van der Waals surface area contributed by atoms with E-state index in [4.69, 9.17) is 19.7 Å². The standard InChI is InChI=1S/C50H33N3O/c1-3-16-33(17-4-1)47-51-48(34-18-5-2-6-19-34)53-49(52-47)46-36-20-8-7-15-32(36)27-29-37(46)35-28-30-43-45(31-35)54-44-26-14-13-25-42(44)50(43)40-23-11-9-21-38(40)39-22-10-12-24-41(39)50/h1-31,38,40H. The van der Waals surface area contributed by atoms with Crippen molar-refractivity contribution in [2.24, 2.45) is 5.92 Å². The van der Waals surface area contributed by atoms with E-state index in [1.165, 1.54) is 22.3 Å². The summed E-state index contributed by atoms with van der Waals surface area (Å²) in [6.07, 6.45) is 9.18. The van der Waals surface area contributed by atoms with E-state index in [9.17, 15) is 0 Å². The first kappa shape index (κ1) is 30.7. The van der Waals surface area contributed by atoms with Gasteiger partial charge in [-0.3, -0.25) is 0 Å². The molecule has 1 aliphatic heterocycles. The van der Waals surface area contributed by atoms with Gasteiger partial charge in [0.25, 0.3) is 0 Å². The van der Waals surface area contributed by atoms with Gasteiger partial charge in [-0.15, -0.1) is 0 Å². The van der Waals surface area contributed by atoms with Crippen molar-refractivity contribution in [2.45, 2.75) is 11.3 Å². The molecule has 0 radical (unpaired) electrons. The molecule has 0 N–H and O–H groups in total. The van der Waals surface area contributed by atoms with Gasteiger partial charge in [-0.05, 0) is 45.2 Å². The van der Waals surface area contributed by atoms with E-state index in [0.717, 1.165) is 50.1 Å². The Balaban J connectivity index is 1.16. The Bertz CT molecular complexity index is 2770. The number of rotatable bonds is 4. The summed E-state index contributed by atoms with van der Waals surface area (Å²) in [6, 6.07) is 57.6. The summed E-state index contributed by atoms with van der Waals surface area (Å²) in [5.41, 5.74) is 9.62. The van der Waals surface area contributed by atoms with Crippen molar-refractivity contribution in [3.63, 3.8) is 0 Å². The minimum absolute atomic E-state index is 0.212. The van der Waals surface area contributed by atoms with Gasteiger partial charge < -0.3 is 4.74 Å². The molecule has 2 aliphatic carbocycles. The maximum absolute atomic E-state index is 6.92. The molecular weight excluding hydrogens is 659 g/mol. The molecule has 11 rings (SSSR count). The van der Waals surface area contributed by atoms with Crippen LogP contribution in [-0.2, 0) is 5.41 Å². The summed E-state index contributed by atoms with van der Waals surface area (Å²) in [5, 5.41) is 2.19. The molecule has 7 aromatic carbocycles. The van der Waals surface area contributed by atoms with Crippen LogP contribution in [0.4, 0.5) is 0 Å². The topological polar surface area (TPSA) is 47.9 Å². The molecule has 0 saturated carbocycles. The Morgan fingerprint density at radius 3 is 1.89 bits per heavy atom. The number of nitrogens with zero attached hydrogens (tertiary/aromatic N) is 3. The van der Waals surface area contributed by atoms with Crippen LogP contribution < -0.4 is 4.74 Å². The second-order valence-electron chi connectivity index (χ2n) is 14.3. The maximum atomic E-state index is 6.92. The second kappa shape index (κ2) is 12.1. The van der Waals surface area contributed by atoms with Gasteiger partial charge in [-0.1, -0.05) is 176 Å². The van der Waals surface area contributed by atoms with Gasteiger partial charge in [-0.2, -0.15) is 0 Å². The summed E-state index contributed by atoms with van der Waals surface area (Å²) in [7, 11) is 0. The lowest BCUT2D eigenvalue weighted by molar-refractivity contribution is 0.374. The second-order valence-corrected chi connectivity index (χ2v) is 14.3. The van der Waals surface area contributed by atoms with Gasteiger partial charge in [0.2, 0.25) is 0 Å². The van der Waals surface area contributed by atoms with E-state index in [-0.39, 0.29) is 11.8 Å². The molecule has 254 valence electrons. The number of aromatic nitrogens is 3. The molecule has 54 heavy (non-hydrogen) atoms. The van der Waals surface area contributed by atoms with Crippen LogP contribution in [0.1, 0.15) is 28.2 Å². The first-order chi connectivity index (χ1) is 26.8. The van der Waals surface area contributed by atoms with Crippen LogP contribution in [0.3, 0.4) is 0 Å². The highest BCUT2D eigenvalue weighted by Gasteiger charge is 2.56. The lowest BCUT2D eigenvalue weighted by Gasteiger charge is -2.43. The predicted molar refractivity (Wildman–Crippen MR) is 216 cm³/mol. The van der Waals surface area contributed by atoms with Gasteiger partial charge in [0.1, 0.15) is 11.5 Å². The molecule has 1 spiro atoms. The van der Waals surface area contributed by atoms with Crippen molar-refractivity contribution in [2.75, 3.05) is 0 Å². The van der Waals surface area contributed by atoms with Crippen LogP contribution in [0.15, 0.2) is 188 Å². The van der Waals surface area contributed by atoms with Gasteiger partial charge in [-0.25, -0.2) is 15.0 Å². The molecule has 8 aromatic rings. The fourth-order valence-electron chi connectivity index (χ4n) is 9.21. The fourth-order valence-corrected chi connectivity index (χ4v) is 9.21. The largest absolute Gasteiger partial charge is 0.457 e. The molecule has 4 heteroatoms. The number of allylic oxidation sites excluding steroid dienone is 4. The van der Waals surface area contributed by atoms with E-state index in [1.54, 1.807) is 0 Å². The zero-order valence-electron chi connectivity index (χ0n) is 29.3. The van der Waals surface area contributed by atoms with Crippen molar-refractivity contribution >= 4 is 10.8 Å². The van der Waals surface area contributed by atoms with Crippen LogP contribution in [0, 0.1) is 5.92 Å². The van der Waals surface area contributed by atoms with E-state index in [1.807, 2.05) is 36.4 Å². The number of hydrogen-bond donors (Lipinski definition) is 0. The molecule has 0 bridgehead atoms. The predicted octanol–water partition coefficient (Wildman–Crippen LogP) is 12.0. The van der Waals surface area contributed by atoms with Crippen LogP contribution in [-0.4, -0.2) is 15.0 Å². The maximum Gasteiger partial charge on any atom is 0.165 e. The SMILES string of the molecule is C1=CC2c3ccccc3C3(c4ccccc4Oc4cc(-c5ccc6ccccc6c5-c5nc(-c6ccccc6)nc(-c6ccccc6)n5)ccc43)C2C=C1. The molecule has 3 unspecified atom stereocenters. The highest BCUT2D eigenvalue weighted by molar-refractivity contribution is 6.03. The lowest BCUT2D eigenvalue weighted by Crippen LogP contribution is -2.37. The Morgan fingerprint density at radius 2 is 1.09 bits per heavy atom. The van der Waals surface area contributed by atoms with Crippen molar-refractivity contribution in [3.05, 3.63) is 210 Å². The summed E-state index contributed by atoms with van der Waals surface area (Å²) in [5.74, 6) is 4.15. The molecule has 3 aliphatic rings. The minimum atomic E-state index is -0.402. The van der Waals surface area contributed by atoms with Crippen LogP contribution in [0.5, 0.6) is 11.5 Å². The molecule has 4 nitrogen and oxygen atoms in total. The van der Waals surface area contributed by atoms with Crippen LogP contribution >= 0.6 is 0 Å². The third-order valence-corrected chi connectivity index (χ3v) is 11.5. The van der Waals surface area contributed by atoms with Gasteiger partial charge in [0.05, 0.1) is 5.41 Å². The van der Waals surface area contributed by atoms with Crippen LogP contribution in [0.2, 0.25) is 0 Å². The summed E-state index contributed by atoms with van der Waals surface area (Å²) in [4.78, 5) is 15.4. The lowest BCUT2D eigenvalue weighted by atomic mass is 9.62. The summed E-state index contributed by atoms with van der Waals surface area (Å²) >= 11 is 0. The Hall–Kier alpha value is -6.91. The first-order valence-corrected chi connectivity index (χ1v) is 18.5. The number of para-hydroxylation sites is 1. The van der Waals surface area contributed by atoms with E-state index >= 15 is 0 Å². The smallest absolute Gasteiger partial charge is 0.165 e. The third-order valence-electron chi connectivity index (χ3n) is 11.5. The van der Waals surface area contributed by atoms with Gasteiger partial charge in [0, 0.05) is 39.7 Å². The Morgan fingerprint density at radius 1 is 0.463 bits per heavy atom. The van der Waals surface area contributed by atoms with Crippen molar-refractivity contribution < 1.29 is 4.74 Å².